The van der Waals surface area contributed by atoms with Crippen LogP contribution in [0.25, 0.3) is 0 Å². The van der Waals surface area contributed by atoms with Crippen LogP contribution in [0.15, 0.2) is 46.9 Å². The molecule has 0 radical (unpaired) electrons. The summed E-state index contributed by atoms with van der Waals surface area (Å²) >= 11 is 3.14. The molecule has 2 rings (SSSR count). The van der Waals surface area contributed by atoms with Gasteiger partial charge in [-0.25, -0.2) is 18.9 Å². The lowest BCUT2D eigenvalue weighted by Gasteiger charge is -2.13. The summed E-state index contributed by atoms with van der Waals surface area (Å²) in [6.07, 6.45) is 0. The van der Waals surface area contributed by atoms with E-state index >= 15 is 0 Å². The number of nitro groups is 1. The molecule has 0 bridgehead atoms. The van der Waals surface area contributed by atoms with E-state index in [9.17, 15) is 23.7 Å². The van der Waals surface area contributed by atoms with Gasteiger partial charge in [-0.05, 0) is 41.4 Å². The van der Waals surface area contributed by atoms with Crippen LogP contribution >= 0.6 is 15.9 Å². The fourth-order valence-corrected chi connectivity index (χ4v) is 1.94. The summed E-state index contributed by atoms with van der Waals surface area (Å²) in [5, 5.41) is 10.1. The van der Waals surface area contributed by atoms with Crippen LogP contribution < -0.4 is 5.01 Å². The summed E-state index contributed by atoms with van der Waals surface area (Å²) in [5.41, 5.74) is -1.09. The number of benzene rings is 2. The first-order valence-corrected chi connectivity index (χ1v) is 6.39. The van der Waals surface area contributed by atoms with Gasteiger partial charge in [-0.3, -0.25) is 4.79 Å². The number of hydrogen-bond acceptors (Lipinski definition) is 3. The smallest absolute Gasteiger partial charge is 0.262 e. The zero-order chi connectivity index (χ0) is 15.6. The van der Waals surface area contributed by atoms with Crippen LogP contribution in [0.2, 0.25) is 0 Å². The molecular formula is C13H7BrF2N2O3. The number of amides is 1. The lowest BCUT2D eigenvalue weighted by atomic mass is 10.1. The predicted octanol–water partition coefficient (Wildman–Crippen LogP) is 3.57. The Bertz CT molecular complexity index is 687. The van der Waals surface area contributed by atoms with Gasteiger partial charge in [0.05, 0.1) is 0 Å². The second kappa shape index (κ2) is 5.96. The third-order valence-corrected chi connectivity index (χ3v) is 3.13. The lowest BCUT2D eigenvalue weighted by molar-refractivity contribution is -0.481. The average molecular weight is 357 g/mol. The topological polar surface area (TPSA) is 63.5 Å². The van der Waals surface area contributed by atoms with Crippen molar-refractivity contribution in [2.45, 2.75) is 0 Å². The molecule has 0 aliphatic heterocycles. The van der Waals surface area contributed by atoms with E-state index in [0.29, 0.717) is 4.47 Å². The highest BCUT2D eigenvalue weighted by atomic mass is 79.9. The molecular weight excluding hydrogens is 350 g/mol. The van der Waals surface area contributed by atoms with E-state index in [-0.39, 0.29) is 10.7 Å². The van der Waals surface area contributed by atoms with E-state index in [0.717, 1.165) is 18.2 Å². The summed E-state index contributed by atoms with van der Waals surface area (Å²) in [6.45, 7) is 0. The molecule has 108 valence electrons. The van der Waals surface area contributed by atoms with Crippen LogP contribution in [-0.2, 0) is 0 Å². The van der Waals surface area contributed by atoms with E-state index in [1.807, 2.05) is 0 Å². The quantitative estimate of drug-likeness (QED) is 0.623. The number of nitrogens with zero attached hydrogens (tertiary/aromatic N) is 2. The Morgan fingerprint density at radius 1 is 1.10 bits per heavy atom. The van der Waals surface area contributed by atoms with Crippen molar-refractivity contribution in [3.8, 4) is 0 Å². The second-order valence-corrected chi connectivity index (χ2v) is 4.84. The molecule has 0 aliphatic rings. The van der Waals surface area contributed by atoms with Crippen LogP contribution in [0.3, 0.4) is 0 Å². The molecule has 0 aliphatic carbocycles. The van der Waals surface area contributed by atoms with Gasteiger partial charge in [-0.2, -0.15) is 0 Å². The maximum absolute atomic E-state index is 13.6. The zero-order valence-electron chi connectivity index (χ0n) is 10.3. The van der Waals surface area contributed by atoms with Crippen LogP contribution in [0.1, 0.15) is 10.4 Å². The number of carbonyl (C=O) groups is 1. The number of hydrazine groups is 1. The number of anilines is 1. The van der Waals surface area contributed by atoms with Crippen molar-refractivity contribution in [3.05, 3.63) is 74.2 Å². The Balaban J connectivity index is 2.51. The average Bonchev–Trinajstić information content (AvgIpc) is 2.40. The van der Waals surface area contributed by atoms with Gasteiger partial charge in [0.1, 0.15) is 22.9 Å². The molecule has 2 aromatic carbocycles. The van der Waals surface area contributed by atoms with Gasteiger partial charge in [-0.15, -0.1) is 0 Å². The Kier molecular flexibility index (Phi) is 4.27. The van der Waals surface area contributed by atoms with Crippen molar-refractivity contribution >= 4 is 27.5 Å². The first-order chi connectivity index (χ1) is 9.91. The molecule has 8 heteroatoms. The van der Waals surface area contributed by atoms with Crippen LogP contribution in [0, 0.1) is 21.7 Å². The minimum atomic E-state index is -1.39. The fourth-order valence-electron chi connectivity index (χ4n) is 1.68. The molecule has 2 aromatic rings. The van der Waals surface area contributed by atoms with Gasteiger partial charge in [0.25, 0.3) is 0 Å². The molecule has 21 heavy (non-hydrogen) atoms. The van der Waals surface area contributed by atoms with Crippen molar-refractivity contribution in [2.75, 3.05) is 5.01 Å². The molecule has 0 aromatic heterocycles. The van der Waals surface area contributed by atoms with Crippen molar-refractivity contribution in [1.29, 1.82) is 0 Å². The number of rotatable bonds is 3. The standard InChI is InChI=1S/C13H7BrF2N2O3/c14-8-4-6-9(7-5-8)17(18(20)21)13(19)12-10(15)2-1-3-11(12)16/h1-7H. The van der Waals surface area contributed by atoms with Crippen LogP contribution in [-0.4, -0.2) is 10.9 Å². The second-order valence-electron chi connectivity index (χ2n) is 3.93. The Morgan fingerprint density at radius 2 is 1.62 bits per heavy atom. The maximum atomic E-state index is 13.6. The van der Waals surface area contributed by atoms with Gasteiger partial charge < -0.3 is 0 Å². The number of carbonyl (C=O) groups excluding carboxylic acids is 1. The van der Waals surface area contributed by atoms with Crippen molar-refractivity contribution in [1.82, 2.24) is 0 Å². The van der Waals surface area contributed by atoms with Gasteiger partial charge in [-0.1, -0.05) is 22.0 Å². The summed E-state index contributed by atoms with van der Waals surface area (Å²) in [5.74, 6) is -3.72. The highest BCUT2D eigenvalue weighted by Crippen LogP contribution is 2.22. The van der Waals surface area contributed by atoms with E-state index in [4.69, 9.17) is 0 Å². The largest absolute Gasteiger partial charge is 0.325 e. The molecule has 0 saturated carbocycles. The first-order valence-electron chi connectivity index (χ1n) is 5.60. The Hall–Kier alpha value is -2.35. The van der Waals surface area contributed by atoms with Gasteiger partial charge >= 0.3 is 5.91 Å². The minimum absolute atomic E-state index is 0.0912. The summed E-state index contributed by atoms with van der Waals surface area (Å²) in [4.78, 5) is 23.2. The summed E-state index contributed by atoms with van der Waals surface area (Å²) in [7, 11) is 0. The summed E-state index contributed by atoms with van der Waals surface area (Å²) in [6, 6.07) is 8.28. The van der Waals surface area contributed by atoms with Crippen molar-refractivity contribution in [3.63, 3.8) is 0 Å². The molecule has 0 unspecified atom stereocenters. The Morgan fingerprint density at radius 3 is 2.10 bits per heavy atom. The lowest BCUT2D eigenvalue weighted by Crippen LogP contribution is -2.37. The zero-order valence-corrected chi connectivity index (χ0v) is 11.9. The third kappa shape index (κ3) is 3.05. The molecule has 0 N–H and O–H groups in total. The minimum Gasteiger partial charge on any atom is -0.262 e. The fraction of sp³-hybridized carbons (Fsp3) is 0. The molecule has 1 amide bonds. The predicted molar refractivity (Wildman–Crippen MR) is 74.3 cm³/mol. The van der Waals surface area contributed by atoms with Crippen molar-refractivity contribution in [2.24, 2.45) is 0 Å². The number of hydrogen-bond donors (Lipinski definition) is 0. The molecule has 0 fully saturated rings. The van der Waals surface area contributed by atoms with E-state index in [1.54, 1.807) is 0 Å². The van der Waals surface area contributed by atoms with Gasteiger partial charge in [0.15, 0.2) is 5.03 Å². The van der Waals surface area contributed by atoms with E-state index < -0.39 is 28.1 Å². The Labute approximate surface area is 126 Å². The number of halogens is 3. The van der Waals surface area contributed by atoms with E-state index in [1.165, 1.54) is 24.3 Å². The SMILES string of the molecule is O=C(c1c(F)cccc1F)N(c1ccc(Br)cc1)[N+](=O)[O-]. The van der Waals surface area contributed by atoms with Gasteiger partial charge in [0.2, 0.25) is 0 Å². The third-order valence-electron chi connectivity index (χ3n) is 2.60. The molecule has 5 nitrogen and oxygen atoms in total. The molecule has 0 atom stereocenters. The first kappa shape index (κ1) is 15.0. The highest BCUT2D eigenvalue weighted by Gasteiger charge is 2.32. The van der Waals surface area contributed by atoms with Crippen LogP contribution in [0.4, 0.5) is 14.5 Å². The summed E-state index contributed by atoms with van der Waals surface area (Å²) < 4.78 is 27.8. The maximum Gasteiger partial charge on any atom is 0.325 e. The van der Waals surface area contributed by atoms with Crippen molar-refractivity contribution < 1.29 is 18.6 Å². The monoisotopic (exact) mass is 356 g/mol. The van der Waals surface area contributed by atoms with Crippen LogP contribution in [0.5, 0.6) is 0 Å². The molecule has 0 heterocycles. The molecule has 0 saturated heterocycles. The highest BCUT2D eigenvalue weighted by molar-refractivity contribution is 9.10. The molecule has 0 spiro atoms. The van der Waals surface area contributed by atoms with E-state index in [2.05, 4.69) is 15.9 Å². The van der Waals surface area contributed by atoms with Gasteiger partial charge in [0, 0.05) is 4.47 Å². The normalized spacial score (nSPS) is 10.2.